The van der Waals surface area contributed by atoms with Crippen LogP contribution >= 0.6 is 0 Å². The first kappa shape index (κ1) is 18.4. The molecule has 8 heteroatoms. The van der Waals surface area contributed by atoms with Crippen molar-refractivity contribution in [2.45, 2.75) is 12.5 Å². The molecular formula is C19H21N5O3. The zero-order chi connectivity index (χ0) is 19.4. The summed E-state index contributed by atoms with van der Waals surface area (Å²) in [5.41, 5.74) is 8.58. The highest BCUT2D eigenvalue weighted by atomic mass is 16.5. The molecule has 27 heavy (non-hydrogen) atoms. The molecule has 0 bridgehead atoms. The molecule has 0 aliphatic carbocycles. The smallest absolute Gasteiger partial charge is 0.318 e. The van der Waals surface area contributed by atoms with Crippen LogP contribution in [0.5, 0.6) is 0 Å². The van der Waals surface area contributed by atoms with Crippen LogP contribution in [0.15, 0.2) is 42.6 Å². The van der Waals surface area contributed by atoms with Crippen molar-refractivity contribution in [1.29, 1.82) is 5.41 Å². The molecule has 140 valence electrons. The Morgan fingerprint density at radius 1 is 1.37 bits per heavy atom. The van der Waals surface area contributed by atoms with Gasteiger partial charge >= 0.3 is 12.0 Å². The molecule has 1 fully saturated rings. The number of nitrogens with two attached hydrogens (primary N) is 1. The summed E-state index contributed by atoms with van der Waals surface area (Å²) in [5.74, 6) is -0.398. The molecule has 1 aliphatic rings. The molecule has 2 amide bonds. The van der Waals surface area contributed by atoms with Gasteiger partial charge in [0.25, 0.3) is 0 Å². The SMILES string of the molecule is COC(=O)CCN1C(=O)NCC1c1ccccc1-c1ccc(C(=N)N)cn1. The molecular weight excluding hydrogens is 346 g/mol. The molecule has 1 aromatic heterocycles. The number of amides is 2. The Balaban J connectivity index is 1.91. The van der Waals surface area contributed by atoms with Crippen molar-refractivity contribution < 1.29 is 14.3 Å². The van der Waals surface area contributed by atoms with Crippen LogP contribution in [-0.2, 0) is 9.53 Å². The van der Waals surface area contributed by atoms with Crippen LogP contribution in [0, 0.1) is 5.41 Å². The Bertz CT molecular complexity index is 866. The fraction of sp³-hybridized carbons (Fsp3) is 0.263. The number of hydrogen-bond donors (Lipinski definition) is 3. The van der Waals surface area contributed by atoms with Crippen molar-refractivity contribution in [1.82, 2.24) is 15.2 Å². The van der Waals surface area contributed by atoms with Crippen molar-refractivity contribution in [3.05, 3.63) is 53.7 Å². The lowest BCUT2D eigenvalue weighted by Crippen LogP contribution is -2.32. The number of benzene rings is 1. The van der Waals surface area contributed by atoms with E-state index in [1.165, 1.54) is 7.11 Å². The van der Waals surface area contributed by atoms with Gasteiger partial charge in [-0.2, -0.15) is 0 Å². The molecule has 8 nitrogen and oxygen atoms in total. The van der Waals surface area contributed by atoms with Gasteiger partial charge in [0, 0.05) is 30.4 Å². The standard InChI is InChI=1S/C19H21N5O3/c1-27-17(25)8-9-24-16(11-23-19(24)26)14-5-3-2-4-13(14)15-7-6-12(10-22-15)18(20)21/h2-7,10,16H,8-9,11H2,1H3,(H3,20,21)(H,23,26). The first-order chi connectivity index (χ1) is 13.0. The zero-order valence-electron chi connectivity index (χ0n) is 14.9. The number of ether oxygens (including phenoxy) is 1. The maximum atomic E-state index is 12.2. The highest BCUT2D eigenvalue weighted by Crippen LogP contribution is 2.32. The van der Waals surface area contributed by atoms with Gasteiger partial charge in [0.2, 0.25) is 0 Å². The Morgan fingerprint density at radius 2 is 2.15 bits per heavy atom. The normalized spacial score (nSPS) is 16.1. The van der Waals surface area contributed by atoms with Crippen molar-refractivity contribution in [2.24, 2.45) is 5.73 Å². The number of rotatable bonds is 6. The van der Waals surface area contributed by atoms with E-state index in [2.05, 4.69) is 15.0 Å². The van der Waals surface area contributed by atoms with Gasteiger partial charge in [0.05, 0.1) is 25.3 Å². The third kappa shape index (κ3) is 3.89. The van der Waals surface area contributed by atoms with Gasteiger partial charge in [0.15, 0.2) is 0 Å². The van der Waals surface area contributed by atoms with Gasteiger partial charge in [-0.05, 0) is 17.7 Å². The molecule has 1 aromatic carbocycles. The number of nitrogens with zero attached hydrogens (tertiary/aromatic N) is 2. The number of aromatic nitrogens is 1. The maximum absolute atomic E-state index is 12.2. The van der Waals surface area contributed by atoms with Gasteiger partial charge in [-0.3, -0.25) is 15.2 Å². The van der Waals surface area contributed by atoms with Gasteiger partial charge < -0.3 is 20.7 Å². The number of carbonyl (C=O) groups excluding carboxylic acids is 2. The summed E-state index contributed by atoms with van der Waals surface area (Å²) in [5, 5.41) is 10.3. The molecule has 4 N–H and O–H groups in total. The van der Waals surface area contributed by atoms with Gasteiger partial charge in [0.1, 0.15) is 5.84 Å². The van der Waals surface area contributed by atoms with Gasteiger partial charge in [-0.1, -0.05) is 24.3 Å². The number of pyridine rings is 1. The van der Waals surface area contributed by atoms with Crippen LogP contribution in [-0.4, -0.2) is 47.9 Å². The van der Waals surface area contributed by atoms with Gasteiger partial charge in [-0.25, -0.2) is 4.79 Å². The fourth-order valence-corrected chi connectivity index (χ4v) is 3.12. The summed E-state index contributed by atoms with van der Waals surface area (Å²) in [6.45, 7) is 0.719. The predicted octanol–water partition coefficient (Wildman–Crippen LogP) is 1.66. The van der Waals surface area contributed by atoms with Crippen LogP contribution in [0.25, 0.3) is 11.3 Å². The molecule has 1 atom stereocenters. The second-order valence-electron chi connectivity index (χ2n) is 6.15. The number of esters is 1. The molecule has 3 rings (SSSR count). The highest BCUT2D eigenvalue weighted by Gasteiger charge is 2.33. The van der Waals surface area contributed by atoms with Crippen molar-refractivity contribution >= 4 is 17.8 Å². The average Bonchev–Trinajstić information content (AvgIpc) is 3.06. The molecule has 1 aliphatic heterocycles. The van der Waals surface area contributed by atoms with Crippen LogP contribution in [0.1, 0.15) is 23.6 Å². The molecule has 0 saturated carbocycles. The van der Waals surface area contributed by atoms with E-state index in [1.54, 1.807) is 23.2 Å². The minimum absolute atomic E-state index is 0.0399. The summed E-state index contributed by atoms with van der Waals surface area (Å²) in [4.78, 5) is 29.8. The highest BCUT2D eigenvalue weighted by molar-refractivity contribution is 5.94. The molecule has 2 aromatic rings. The lowest BCUT2D eigenvalue weighted by atomic mass is 9.97. The molecule has 1 unspecified atom stereocenters. The Hall–Kier alpha value is -3.42. The van der Waals surface area contributed by atoms with Crippen molar-refractivity contribution in [3.8, 4) is 11.3 Å². The maximum Gasteiger partial charge on any atom is 0.318 e. The Kier molecular flexibility index (Phi) is 5.35. The Morgan fingerprint density at radius 3 is 2.81 bits per heavy atom. The minimum atomic E-state index is -0.358. The zero-order valence-corrected chi connectivity index (χ0v) is 14.9. The first-order valence-electron chi connectivity index (χ1n) is 8.52. The van der Waals surface area contributed by atoms with Crippen molar-refractivity contribution in [3.63, 3.8) is 0 Å². The van der Waals surface area contributed by atoms with Crippen LogP contribution in [0.4, 0.5) is 4.79 Å². The topological polar surface area (TPSA) is 121 Å². The second kappa shape index (κ2) is 7.86. The van der Waals surface area contributed by atoms with E-state index in [0.29, 0.717) is 12.1 Å². The quantitative estimate of drug-likeness (QED) is 0.407. The third-order valence-electron chi connectivity index (χ3n) is 4.54. The lowest BCUT2D eigenvalue weighted by molar-refractivity contribution is -0.140. The minimum Gasteiger partial charge on any atom is -0.469 e. The number of nitrogens with one attached hydrogen (secondary N) is 2. The summed E-state index contributed by atoms with van der Waals surface area (Å²) < 4.78 is 4.67. The van der Waals surface area contributed by atoms with E-state index in [0.717, 1.165) is 16.8 Å². The average molecular weight is 367 g/mol. The van der Waals surface area contributed by atoms with Crippen LogP contribution in [0.2, 0.25) is 0 Å². The van der Waals surface area contributed by atoms with E-state index >= 15 is 0 Å². The summed E-state index contributed by atoms with van der Waals surface area (Å²) >= 11 is 0. The first-order valence-corrected chi connectivity index (χ1v) is 8.52. The summed E-state index contributed by atoms with van der Waals surface area (Å²) in [6, 6.07) is 10.8. The monoisotopic (exact) mass is 367 g/mol. The number of amidine groups is 1. The van der Waals surface area contributed by atoms with E-state index in [9.17, 15) is 9.59 Å². The van der Waals surface area contributed by atoms with Crippen LogP contribution < -0.4 is 11.1 Å². The second-order valence-corrected chi connectivity index (χ2v) is 6.15. The molecule has 2 heterocycles. The van der Waals surface area contributed by atoms with Crippen LogP contribution in [0.3, 0.4) is 0 Å². The van der Waals surface area contributed by atoms with Gasteiger partial charge in [-0.15, -0.1) is 0 Å². The number of methoxy groups -OCH3 is 1. The third-order valence-corrected chi connectivity index (χ3v) is 4.54. The van der Waals surface area contributed by atoms with E-state index in [4.69, 9.17) is 11.1 Å². The Labute approximate surface area is 156 Å². The summed E-state index contributed by atoms with van der Waals surface area (Å²) in [7, 11) is 1.33. The number of nitrogen functional groups attached to an aromatic ring is 1. The van der Waals surface area contributed by atoms with Crippen molar-refractivity contribution in [2.75, 3.05) is 20.2 Å². The van der Waals surface area contributed by atoms with E-state index < -0.39 is 0 Å². The number of carbonyl (C=O) groups is 2. The fourth-order valence-electron chi connectivity index (χ4n) is 3.12. The lowest BCUT2D eigenvalue weighted by Gasteiger charge is -2.25. The summed E-state index contributed by atoms with van der Waals surface area (Å²) in [6.07, 6.45) is 1.69. The van der Waals surface area contributed by atoms with E-state index in [1.807, 2.05) is 24.3 Å². The number of hydrogen-bond acceptors (Lipinski definition) is 5. The molecule has 1 saturated heterocycles. The largest absolute Gasteiger partial charge is 0.469 e. The van der Waals surface area contributed by atoms with E-state index in [-0.39, 0.29) is 36.8 Å². The number of urea groups is 1. The molecule has 0 radical (unpaired) electrons. The molecule has 0 spiro atoms. The predicted molar refractivity (Wildman–Crippen MR) is 100 cm³/mol.